The Hall–Kier alpha value is -3.49. The molecule has 3 rings (SSSR count). The second-order valence-electron chi connectivity index (χ2n) is 8.46. The minimum Gasteiger partial charge on any atom is -0.493 e. The Kier molecular flexibility index (Phi) is 7.24. The fourth-order valence-electron chi connectivity index (χ4n) is 3.38. The summed E-state index contributed by atoms with van der Waals surface area (Å²) in [6, 6.07) is 11.6. The van der Waals surface area contributed by atoms with Gasteiger partial charge in [0.15, 0.2) is 5.60 Å². The van der Waals surface area contributed by atoms with Crippen molar-refractivity contribution in [1.82, 2.24) is 9.78 Å². The van der Waals surface area contributed by atoms with Crippen LogP contribution in [0.2, 0.25) is 0 Å². The van der Waals surface area contributed by atoms with E-state index >= 15 is 0 Å². The molecule has 2 aromatic carbocycles. The Balaban J connectivity index is 1.68. The van der Waals surface area contributed by atoms with Gasteiger partial charge >= 0.3 is 12.1 Å². The van der Waals surface area contributed by atoms with Crippen molar-refractivity contribution in [2.75, 3.05) is 6.61 Å². The number of hydrogen-bond donors (Lipinski definition) is 1. The molecule has 0 radical (unpaired) electrons. The topological polar surface area (TPSA) is 73.6 Å². The molecule has 1 N–H and O–H groups in total. The number of nitrogens with zero attached hydrogens (tertiary/aromatic N) is 2. The molecule has 0 amide bonds. The molecule has 3 aromatic rings. The third-order valence-corrected chi connectivity index (χ3v) is 5.49. The number of ether oxygens (including phenoxy) is 2. The van der Waals surface area contributed by atoms with Gasteiger partial charge in [-0.15, -0.1) is 0 Å². The lowest BCUT2D eigenvalue weighted by atomic mass is 9.98. The average molecular weight is 476 g/mol. The quantitative estimate of drug-likeness (QED) is 0.409. The van der Waals surface area contributed by atoms with Crippen LogP contribution in [0.5, 0.6) is 11.5 Å². The van der Waals surface area contributed by atoms with Gasteiger partial charge in [-0.1, -0.05) is 6.92 Å². The van der Waals surface area contributed by atoms with Gasteiger partial charge in [-0.05, 0) is 81.3 Å². The number of benzene rings is 2. The van der Waals surface area contributed by atoms with Crippen molar-refractivity contribution in [2.24, 2.45) is 0 Å². The van der Waals surface area contributed by atoms with Crippen LogP contribution in [-0.2, 0) is 11.0 Å². The highest BCUT2D eigenvalue weighted by Gasteiger charge is 2.30. The largest absolute Gasteiger partial charge is 0.493 e. The SMILES string of the molecule is CCC(COc1ccc(OC(C)(C)C(=O)O)cc1)c1cn(-c2ccc(C(F)(F)F)cc2)nc1C. The number of halogens is 3. The zero-order valence-corrected chi connectivity index (χ0v) is 19.4. The van der Waals surface area contributed by atoms with E-state index in [1.807, 2.05) is 20.0 Å². The van der Waals surface area contributed by atoms with Gasteiger partial charge in [0.1, 0.15) is 11.5 Å². The smallest absolute Gasteiger partial charge is 0.416 e. The van der Waals surface area contributed by atoms with Gasteiger partial charge in [-0.3, -0.25) is 0 Å². The number of aliphatic carboxylic acids is 1. The first kappa shape index (κ1) is 25.1. The van der Waals surface area contributed by atoms with Crippen LogP contribution >= 0.6 is 0 Å². The van der Waals surface area contributed by atoms with E-state index in [0.29, 0.717) is 23.8 Å². The van der Waals surface area contributed by atoms with Gasteiger partial charge in [-0.25, -0.2) is 9.48 Å². The standard InChI is InChI=1S/C25H27F3N2O4/c1-5-17(15-33-20-10-12-21(13-11-20)34-24(3,4)23(31)32)22-14-30(29-16(22)2)19-8-6-18(7-9-19)25(26,27)28/h6-14,17H,5,15H2,1-4H3,(H,31,32). The number of alkyl halides is 3. The molecule has 0 bridgehead atoms. The van der Waals surface area contributed by atoms with E-state index in [2.05, 4.69) is 5.10 Å². The number of carbonyl (C=O) groups is 1. The Bertz CT molecular complexity index is 1120. The van der Waals surface area contributed by atoms with Crippen molar-refractivity contribution in [1.29, 1.82) is 0 Å². The van der Waals surface area contributed by atoms with Crippen LogP contribution in [0.3, 0.4) is 0 Å². The first-order valence-corrected chi connectivity index (χ1v) is 10.8. The van der Waals surface area contributed by atoms with Crippen LogP contribution in [0.15, 0.2) is 54.7 Å². The predicted molar refractivity (Wildman–Crippen MR) is 121 cm³/mol. The van der Waals surface area contributed by atoms with Gasteiger partial charge in [0.25, 0.3) is 0 Å². The van der Waals surface area contributed by atoms with Crippen LogP contribution in [0, 0.1) is 6.92 Å². The summed E-state index contributed by atoms with van der Waals surface area (Å²) < 4.78 is 51.5. The Morgan fingerprint density at radius 2 is 1.65 bits per heavy atom. The number of hydrogen-bond acceptors (Lipinski definition) is 4. The van der Waals surface area contributed by atoms with Gasteiger partial charge in [0.05, 0.1) is 23.6 Å². The molecule has 182 valence electrons. The molecule has 1 aromatic heterocycles. The summed E-state index contributed by atoms with van der Waals surface area (Å²) >= 11 is 0. The maximum absolute atomic E-state index is 12.8. The van der Waals surface area contributed by atoms with E-state index in [1.165, 1.54) is 26.0 Å². The molecular formula is C25H27F3N2O4. The monoisotopic (exact) mass is 476 g/mol. The van der Waals surface area contributed by atoms with E-state index in [1.54, 1.807) is 28.9 Å². The molecule has 0 saturated carbocycles. The second kappa shape index (κ2) is 9.79. The highest BCUT2D eigenvalue weighted by molar-refractivity contribution is 5.76. The van der Waals surface area contributed by atoms with Crippen LogP contribution in [-0.4, -0.2) is 33.1 Å². The van der Waals surface area contributed by atoms with Crippen molar-refractivity contribution in [3.8, 4) is 17.2 Å². The van der Waals surface area contributed by atoms with Crippen LogP contribution < -0.4 is 9.47 Å². The van der Waals surface area contributed by atoms with Crippen LogP contribution in [0.1, 0.15) is 49.9 Å². The molecule has 0 aliphatic carbocycles. The summed E-state index contributed by atoms with van der Waals surface area (Å²) in [7, 11) is 0. The Labute approximate surface area is 195 Å². The third-order valence-electron chi connectivity index (χ3n) is 5.49. The van der Waals surface area contributed by atoms with Crippen molar-refractivity contribution in [3.05, 3.63) is 71.5 Å². The molecule has 0 saturated heterocycles. The van der Waals surface area contributed by atoms with Crippen molar-refractivity contribution in [2.45, 2.75) is 51.8 Å². The highest BCUT2D eigenvalue weighted by Crippen LogP contribution is 2.30. The molecule has 9 heteroatoms. The Morgan fingerprint density at radius 3 is 2.18 bits per heavy atom. The van der Waals surface area contributed by atoms with Gasteiger partial charge in [0, 0.05) is 12.1 Å². The highest BCUT2D eigenvalue weighted by atomic mass is 19.4. The summed E-state index contributed by atoms with van der Waals surface area (Å²) in [5.41, 5.74) is 0.210. The zero-order valence-electron chi connectivity index (χ0n) is 19.4. The molecular weight excluding hydrogens is 449 g/mol. The first-order valence-electron chi connectivity index (χ1n) is 10.8. The van der Waals surface area contributed by atoms with E-state index in [9.17, 15) is 23.1 Å². The molecule has 1 unspecified atom stereocenters. The number of aromatic nitrogens is 2. The molecule has 0 fully saturated rings. The number of carboxylic acids is 1. The molecule has 34 heavy (non-hydrogen) atoms. The lowest BCUT2D eigenvalue weighted by Gasteiger charge is -2.21. The molecule has 0 spiro atoms. The van der Waals surface area contributed by atoms with Gasteiger partial charge in [0.2, 0.25) is 0 Å². The number of rotatable bonds is 9. The van der Waals surface area contributed by atoms with Crippen LogP contribution in [0.25, 0.3) is 5.69 Å². The van der Waals surface area contributed by atoms with Crippen molar-refractivity contribution < 1.29 is 32.5 Å². The molecule has 0 aliphatic rings. The van der Waals surface area contributed by atoms with E-state index in [-0.39, 0.29) is 5.92 Å². The molecule has 0 aliphatic heterocycles. The van der Waals surface area contributed by atoms with Crippen LogP contribution in [0.4, 0.5) is 13.2 Å². The maximum atomic E-state index is 12.8. The summed E-state index contributed by atoms with van der Waals surface area (Å²) in [4.78, 5) is 11.2. The summed E-state index contributed by atoms with van der Waals surface area (Å²) in [6.45, 7) is 7.19. The lowest BCUT2D eigenvalue weighted by molar-refractivity contribution is -0.152. The lowest BCUT2D eigenvalue weighted by Crippen LogP contribution is -2.37. The molecule has 1 atom stereocenters. The zero-order chi connectivity index (χ0) is 25.1. The van der Waals surface area contributed by atoms with E-state index in [4.69, 9.17) is 9.47 Å². The first-order chi connectivity index (χ1) is 15.9. The number of aryl methyl sites for hydroxylation is 1. The van der Waals surface area contributed by atoms with E-state index < -0.39 is 23.3 Å². The summed E-state index contributed by atoms with van der Waals surface area (Å²) in [5, 5.41) is 13.6. The fraction of sp³-hybridized carbons (Fsp3) is 0.360. The van der Waals surface area contributed by atoms with Crippen molar-refractivity contribution >= 4 is 5.97 Å². The third kappa shape index (κ3) is 5.89. The summed E-state index contributed by atoms with van der Waals surface area (Å²) in [5.74, 6) is -0.0249. The normalized spacial score (nSPS) is 12.9. The minimum absolute atomic E-state index is 0.0186. The Morgan fingerprint density at radius 1 is 1.06 bits per heavy atom. The van der Waals surface area contributed by atoms with E-state index in [0.717, 1.165) is 29.8 Å². The summed E-state index contributed by atoms with van der Waals surface area (Å²) in [6.07, 6.45) is -1.79. The van der Waals surface area contributed by atoms with Gasteiger partial charge in [-0.2, -0.15) is 18.3 Å². The minimum atomic E-state index is -4.38. The van der Waals surface area contributed by atoms with Crippen molar-refractivity contribution in [3.63, 3.8) is 0 Å². The fourth-order valence-corrected chi connectivity index (χ4v) is 3.38. The van der Waals surface area contributed by atoms with Gasteiger partial charge < -0.3 is 14.6 Å². The molecule has 6 nitrogen and oxygen atoms in total. The number of carboxylic acid groups (broad SMARTS) is 1. The maximum Gasteiger partial charge on any atom is 0.416 e. The molecule has 1 heterocycles. The average Bonchev–Trinajstić information content (AvgIpc) is 3.16. The second-order valence-corrected chi connectivity index (χ2v) is 8.46. The predicted octanol–water partition coefficient (Wildman–Crippen LogP) is 6.01.